The summed E-state index contributed by atoms with van der Waals surface area (Å²) in [5.74, 6) is 0.885. The molecule has 2 rings (SSSR count). The fourth-order valence-corrected chi connectivity index (χ4v) is 1.34. The van der Waals surface area contributed by atoms with Crippen molar-refractivity contribution in [2.24, 2.45) is 0 Å². The van der Waals surface area contributed by atoms with Crippen LogP contribution in [0.5, 0.6) is 0 Å². The Morgan fingerprint density at radius 1 is 1.07 bits per heavy atom. The van der Waals surface area contributed by atoms with Crippen LogP contribution in [0.2, 0.25) is 0 Å². The molecule has 0 atom stereocenters. The molecule has 0 saturated heterocycles. The highest BCUT2D eigenvalue weighted by Gasteiger charge is 2.02. The molecule has 0 fully saturated rings. The van der Waals surface area contributed by atoms with Crippen molar-refractivity contribution in [1.82, 2.24) is 14.8 Å². The molecule has 0 unspecified atom stereocenters. The van der Waals surface area contributed by atoms with E-state index in [0.29, 0.717) is 0 Å². The van der Waals surface area contributed by atoms with Gasteiger partial charge >= 0.3 is 0 Å². The van der Waals surface area contributed by atoms with Crippen LogP contribution in [0.4, 0.5) is 0 Å². The van der Waals surface area contributed by atoms with E-state index in [1.165, 1.54) is 5.56 Å². The van der Waals surface area contributed by atoms with E-state index in [0.717, 1.165) is 17.2 Å². The first-order chi connectivity index (χ1) is 6.68. The second-order valence-corrected chi connectivity index (χ2v) is 3.46. The molecule has 3 heteroatoms. The zero-order chi connectivity index (χ0) is 10.1. The average Bonchev–Trinajstić information content (AvgIpc) is 2.57. The first-order valence-electron chi connectivity index (χ1n) is 4.64. The van der Waals surface area contributed by atoms with Crippen molar-refractivity contribution in [2.45, 2.75) is 20.8 Å². The van der Waals surface area contributed by atoms with E-state index in [4.69, 9.17) is 0 Å². The maximum absolute atomic E-state index is 4.48. The highest BCUT2D eigenvalue weighted by molar-refractivity contribution is 5.30. The molecule has 2 aromatic rings. The largest absolute Gasteiger partial charge is 0.234 e. The van der Waals surface area contributed by atoms with Crippen molar-refractivity contribution in [3.8, 4) is 5.82 Å². The number of rotatable bonds is 1. The van der Waals surface area contributed by atoms with Crippen molar-refractivity contribution < 1.29 is 0 Å². The number of aromatic nitrogens is 3. The SMILES string of the molecule is Cc1ccc(-n2nccc2C)nc1C. The molecule has 0 amide bonds. The van der Waals surface area contributed by atoms with Crippen LogP contribution in [0.3, 0.4) is 0 Å². The molecule has 0 spiro atoms. The number of hydrogen-bond donors (Lipinski definition) is 0. The van der Waals surface area contributed by atoms with E-state index in [1.54, 1.807) is 6.20 Å². The van der Waals surface area contributed by atoms with Gasteiger partial charge in [-0.1, -0.05) is 6.07 Å². The first kappa shape index (κ1) is 8.94. The Labute approximate surface area is 83.4 Å². The van der Waals surface area contributed by atoms with Crippen molar-refractivity contribution >= 4 is 0 Å². The van der Waals surface area contributed by atoms with E-state index in [2.05, 4.69) is 23.1 Å². The molecule has 14 heavy (non-hydrogen) atoms. The Balaban J connectivity index is 2.53. The number of aryl methyl sites for hydroxylation is 3. The summed E-state index contributed by atoms with van der Waals surface area (Å²) in [6.07, 6.45) is 1.78. The second kappa shape index (κ2) is 3.25. The summed E-state index contributed by atoms with van der Waals surface area (Å²) < 4.78 is 1.84. The van der Waals surface area contributed by atoms with Crippen LogP contribution in [0.15, 0.2) is 24.4 Å². The predicted molar refractivity (Wildman–Crippen MR) is 55.6 cm³/mol. The third-order valence-electron chi connectivity index (χ3n) is 2.38. The molecule has 0 bridgehead atoms. The molecule has 2 aromatic heterocycles. The van der Waals surface area contributed by atoms with E-state index in [-0.39, 0.29) is 0 Å². The number of pyridine rings is 1. The van der Waals surface area contributed by atoms with Gasteiger partial charge in [-0.25, -0.2) is 9.67 Å². The molecule has 0 N–H and O–H groups in total. The maximum atomic E-state index is 4.48. The highest BCUT2D eigenvalue weighted by atomic mass is 15.3. The van der Waals surface area contributed by atoms with Crippen LogP contribution in [0.25, 0.3) is 5.82 Å². The quantitative estimate of drug-likeness (QED) is 0.685. The lowest BCUT2D eigenvalue weighted by molar-refractivity contribution is 0.810. The highest BCUT2D eigenvalue weighted by Crippen LogP contribution is 2.10. The lowest BCUT2D eigenvalue weighted by Gasteiger charge is -2.05. The summed E-state index contributed by atoms with van der Waals surface area (Å²) in [6.45, 7) is 6.09. The Kier molecular flexibility index (Phi) is 2.08. The Hall–Kier alpha value is -1.64. The van der Waals surface area contributed by atoms with Gasteiger partial charge in [0.2, 0.25) is 0 Å². The van der Waals surface area contributed by atoms with Crippen LogP contribution in [0, 0.1) is 20.8 Å². The van der Waals surface area contributed by atoms with Crippen LogP contribution in [-0.4, -0.2) is 14.8 Å². The van der Waals surface area contributed by atoms with Crippen LogP contribution < -0.4 is 0 Å². The predicted octanol–water partition coefficient (Wildman–Crippen LogP) is 2.19. The first-order valence-corrected chi connectivity index (χ1v) is 4.64. The van der Waals surface area contributed by atoms with Crippen LogP contribution in [-0.2, 0) is 0 Å². The molecule has 0 aliphatic heterocycles. The van der Waals surface area contributed by atoms with Crippen molar-refractivity contribution in [3.05, 3.63) is 41.3 Å². The minimum absolute atomic E-state index is 0.885. The lowest BCUT2D eigenvalue weighted by Crippen LogP contribution is -2.02. The molecule has 0 aliphatic rings. The molecular weight excluding hydrogens is 174 g/mol. The average molecular weight is 187 g/mol. The molecule has 3 nitrogen and oxygen atoms in total. The Morgan fingerprint density at radius 2 is 1.86 bits per heavy atom. The molecule has 0 aromatic carbocycles. The normalized spacial score (nSPS) is 10.5. The Bertz CT molecular complexity index is 457. The van der Waals surface area contributed by atoms with Gasteiger partial charge in [-0.2, -0.15) is 5.10 Å². The molecule has 2 heterocycles. The van der Waals surface area contributed by atoms with Crippen molar-refractivity contribution in [3.63, 3.8) is 0 Å². The zero-order valence-electron chi connectivity index (χ0n) is 8.65. The fraction of sp³-hybridized carbons (Fsp3) is 0.273. The molecule has 72 valence electrons. The third-order valence-corrected chi connectivity index (χ3v) is 2.38. The van der Waals surface area contributed by atoms with Gasteiger partial charge < -0.3 is 0 Å². The minimum Gasteiger partial charge on any atom is -0.234 e. The zero-order valence-corrected chi connectivity index (χ0v) is 8.65. The van der Waals surface area contributed by atoms with E-state index < -0.39 is 0 Å². The summed E-state index contributed by atoms with van der Waals surface area (Å²) in [5.41, 5.74) is 3.36. The van der Waals surface area contributed by atoms with Crippen molar-refractivity contribution in [2.75, 3.05) is 0 Å². The van der Waals surface area contributed by atoms with Gasteiger partial charge in [0.1, 0.15) is 0 Å². The van der Waals surface area contributed by atoms with Crippen LogP contribution in [0.1, 0.15) is 17.0 Å². The summed E-state index contributed by atoms with van der Waals surface area (Å²) in [7, 11) is 0. The van der Waals surface area contributed by atoms with Gasteiger partial charge in [-0.3, -0.25) is 0 Å². The second-order valence-electron chi connectivity index (χ2n) is 3.46. The number of nitrogens with zero attached hydrogens (tertiary/aromatic N) is 3. The van der Waals surface area contributed by atoms with Gasteiger partial charge in [0, 0.05) is 17.6 Å². The molecular formula is C11H13N3. The summed E-state index contributed by atoms with van der Waals surface area (Å²) >= 11 is 0. The summed E-state index contributed by atoms with van der Waals surface area (Å²) in [4.78, 5) is 4.48. The van der Waals surface area contributed by atoms with Gasteiger partial charge in [-0.15, -0.1) is 0 Å². The topological polar surface area (TPSA) is 30.7 Å². The smallest absolute Gasteiger partial charge is 0.153 e. The monoisotopic (exact) mass is 187 g/mol. The summed E-state index contributed by atoms with van der Waals surface area (Å²) in [5, 5.41) is 4.21. The van der Waals surface area contributed by atoms with E-state index in [1.807, 2.05) is 30.7 Å². The van der Waals surface area contributed by atoms with E-state index in [9.17, 15) is 0 Å². The van der Waals surface area contributed by atoms with Gasteiger partial charge in [0.25, 0.3) is 0 Å². The van der Waals surface area contributed by atoms with Crippen molar-refractivity contribution in [1.29, 1.82) is 0 Å². The standard InChI is InChI=1S/C11H13N3/c1-8-4-5-11(13-10(8)3)14-9(2)6-7-12-14/h4-7H,1-3H3. The molecule has 0 aliphatic carbocycles. The maximum Gasteiger partial charge on any atom is 0.153 e. The summed E-state index contributed by atoms with van der Waals surface area (Å²) in [6, 6.07) is 6.03. The van der Waals surface area contributed by atoms with Gasteiger partial charge in [0.15, 0.2) is 5.82 Å². The van der Waals surface area contributed by atoms with Gasteiger partial charge in [0.05, 0.1) is 0 Å². The Morgan fingerprint density at radius 3 is 2.43 bits per heavy atom. The van der Waals surface area contributed by atoms with Crippen LogP contribution >= 0.6 is 0 Å². The minimum atomic E-state index is 0.885. The number of hydrogen-bond acceptors (Lipinski definition) is 2. The molecule has 0 radical (unpaired) electrons. The fourth-order valence-electron chi connectivity index (χ4n) is 1.34. The molecule has 0 saturated carbocycles. The van der Waals surface area contributed by atoms with Gasteiger partial charge in [-0.05, 0) is 38.5 Å². The lowest BCUT2D eigenvalue weighted by atomic mass is 10.2. The van der Waals surface area contributed by atoms with E-state index >= 15 is 0 Å². The third kappa shape index (κ3) is 1.41.